The van der Waals surface area contributed by atoms with Crippen LogP contribution < -0.4 is 9.64 Å². The Hall–Kier alpha value is -4.64. The fraction of sp³-hybridized carbons (Fsp3) is 0.241. The Morgan fingerprint density at radius 3 is 2.49 bits per heavy atom. The summed E-state index contributed by atoms with van der Waals surface area (Å²) in [5, 5.41) is 10.6. The molecule has 0 amide bonds. The summed E-state index contributed by atoms with van der Waals surface area (Å²) >= 11 is 0. The molecule has 1 saturated heterocycles. The molecule has 2 aliphatic heterocycles. The molecule has 8 heteroatoms. The summed E-state index contributed by atoms with van der Waals surface area (Å²) < 4.78 is 16.3. The number of rotatable bonds is 6. The molecule has 2 aliphatic rings. The lowest BCUT2D eigenvalue weighted by molar-refractivity contribution is -0.152. The molecule has 1 fully saturated rings. The number of hydrogen-bond acceptors (Lipinski definition) is 8. The van der Waals surface area contributed by atoms with Gasteiger partial charge in [-0.25, -0.2) is 0 Å². The third-order valence-electron chi connectivity index (χ3n) is 6.86. The molecule has 0 radical (unpaired) electrons. The number of furan rings is 1. The van der Waals surface area contributed by atoms with Gasteiger partial charge < -0.3 is 18.8 Å². The van der Waals surface area contributed by atoms with E-state index < -0.39 is 35.4 Å². The molecule has 3 aromatic rings. The Morgan fingerprint density at radius 2 is 1.84 bits per heavy atom. The number of carbonyl (C=O) groups is 3. The van der Waals surface area contributed by atoms with Gasteiger partial charge in [-0.05, 0) is 55.0 Å². The molecule has 8 nitrogen and oxygen atoms in total. The highest BCUT2D eigenvalue weighted by molar-refractivity contribution is 6.06. The van der Waals surface area contributed by atoms with Crippen molar-refractivity contribution in [3.8, 4) is 11.8 Å². The molecule has 0 aliphatic carbocycles. The summed E-state index contributed by atoms with van der Waals surface area (Å²) in [5.74, 6) is -1.82. The number of esters is 2. The molecule has 4 atom stereocenters. The maximum Gasteiger partial charge on any atom is 0.329 e. The van der Waals surface area contributed by atoms with E-state index in [0.29, 0.717) is 17.1 Å². The van der Waals surface area contributed by atoms with Crippen LogP contribution in [0, 0.1) is 16.7 Å². The summed E-state index contributed by atoms with van der Waals surface area (Å²) in [4.78, 5) is 41.0. The highest BCUT2D eigenvalue weighted by Crippen LogP contribution is 2.56. The van der Waals surface area contributed by atoms with Crippen molar-refractivity contribution in [2.45, 2.75) is 31.8 Å². The molecular formula is C29H24N2O6. The van der Waals surface area contributed by atoms with Gasteiger partial charge in [-0.2, -0.15) is 5.26 Å². The number of fused-ring (bicyclic) bond motifs is 3. The van der Waals surface area contributed by atoms with Crippen LogP contribution in [0.2, 0.25) is 0 Å². The van der Waals surface area contributed by atoms with Gasteiger partial charge in [-0.15, -0.1) is 0 Å². The van der Waals surface area contributed by atoms with Crippen LogP contribution in [0.3, 0.4) is 0 Å². The molecule has 0 unspecified atom stereocenters. The summed E-state index contributed by atoms with van der Waals surface area (Å²) in [6.07, 6.45) is 5.11. The van der Waals surface area contributed by atoms with Gasteiger partial charge >= 0.3 is 11.9 Å². The average molecular weight is 497 g/mol. The van der Waals surface area contributed by atoms with Crippen molar-refractivity contribution < 1.29 is 28.3 Å². The molecule has 3 heterocycles. The number of anilines is 1. The lowest BCUT2D eigenvalue weighted by Crippen LogP contribution is -2.47. The zero-order chi connectivity index (χ0) is 26.2. The van der Waals surface area contributed by atoms with Gasteiger partial charge in [0, 0.05) is 18.2 Å². The molecule has 5 rings (SSSR count). The molecule has 0 N–H and O–H groups in total. The van der Waals surface area contributed by atoms with E-state index >= 15 is 0 Å². The molecule has 37 heavy (non-hydrogen) atoms. The first-order valence-electron chi connectivity index (χ1n) is 11.9. The number of Topliss-reactive ketones (excluding diaryl/α,β-unsaturated/α-hetero) is 1. The second kappa shape index (κ2) is 9.43. The number of carbonyl (C=O) groups excluding carboxylic acids is 3. The smallest absolute Gasteiger partial charge is 0.329 e. The summed E-state index contributed by atoms with van der Waals surface area (Å²) in [6, 6.07) is 17.6. The third-order valence-corrected chi connectivity index (χ3v) is 6.86. The number of nitriles is 1. The van der Waals surface area contributed by atoms with E-state index in [-0.39, 0.29) is 12.4 Å². The Morgan fingerprint density at radius 1 is 1.08 bits per heavy atom. The first kappa shape index (κ1) is 24.1. The van der Waals surface area contributed by atoms with Gasteiger partial charge in [0.2, 0.25) is 0 Å². The minimum absolute atomic E-state index is 0.0797. The van der Waals surface area contributed by atoms with Crippen LogP contribution in [0.4, 0.5) is 5.69 Å². The number of ether oxygens (including phenoxy) is 2. The number of hydrogen-bond donors (Lipinski definition) is 0. The average Bonchev–Trinajstić information content (AvgIpc) is 3.53. The van der Waals surface area contributed by atoms with Crippen molar-refractivity contribution >= 4 is 29.5 Å². The minimum atomic E-state index is -1.75. The molecule has 0 spiro atoms. The lowest BCUT2D eigenvalue weighted by atomic mass is 9.70. The van der Waals surface area contributed by atoms with Crippen molar-refractivity contribution in [3.05, 3.63) is 89.9 Å². The second-order valence-electron chi connectivity index (χ2n) is 8.89. The largest absolute Gasteiger partial charge is 0.469 e. The standard InChI is InChI=1S/C29H24N2O6/c1-3-35-28(34)29(17-30)24-15-12-19-7-4-5-8-22(19)31(24)26(25(29)23-9-6-16-36-23)27(33)20-10-13-21(14-11-20)37-18(2)32/h4-16,24-26H,3H2,1-2H3/t24-,25-,26+,29+/m1/s1. The number of benzene rings is 2. The van der Waals surface area contributed by atoms with Crippen LogP contribution in [0.1, 0.15) is 41.4 Å². The Kier molecular flexibility index (Phi) is 6.14. The molecular weight excluding hydrogens is 472 g/mol. The van der Waals surface area contributed by atoms with Crippen LogP contribution >= 0.6 is 0 Å². The Labute approximate surface area is 213 Å². The van der Waals surface area contributed by atoms with Crippen LogP contribution in [0.5, 0.6) is 5.75 Å². The summed E-state index contributed by atoms with van der Waals surface area (Å²) in [7, 11) is 0. The summed E-state index contributed by atoms with van der Waals surface area (Å²) in [5.41, 5.74) is 0.164. The van der Waals surface area contributed by atoms with Gasteiger partial charge in [-0.3, -0.25) is 14.4 Å². The Bertz CT molecular complexity index is 1420. The van der Waals surface area contributed by atoms with Gasteiger partial charge in [0.1, 0.15) is 17.6 Å². The van der Waals surface area contributed by atoms with Gasteiger partial charge in [0.05, 0.1) is 30.9 Å². The van der Waals surface area contributed by atoms with Crippen molar-refractivity contribution in [2.24, 2.45) is 5.41 Å². The highest BCUT2D eigenvalue weighted by atomic mass is 16.5. The van der Waals surface area contributed by atoms with E-state index in [1.807, 2.05) is 35.2 Å². The Balaban J connectivity index is 1.71. The van der Waals surface area contributed by atoms with Crippen molar-refractivity contribution in [1.82, 2.24) is 0 Å². The maximum absolute atomic E-state index is 14.3. The van der Waals surface area contributed by atoms with E-state index in [0.717, 1.165) is 11.3 Å². The fourth-order valence-corrected chi connectivity index (χ4v) is 5.42. The third kappa shape index (κ3) is 3.80. The monoisotopic (exact) mass is 496 g/mol. The zero-order valence-electron chi connectivity index (χ0n) is 20.3. The number of para-hydroxylation sites is 1. The van der Waals surface area contributed by atoms with Gasteiger partial charge in [0.15, 0.2) is 11.2 Å². The van der Waals surface area contributed by atoms with Crippen LogP contribution in [-0.4, -0.2) is 36.4 Å². The molecule has 2 aromatic carbocycles. The topological polar surface area (TPSA) is 110 Å². The summed E-state index contributed by atoms with van der Waals surface area (Å²) in [6.45, 7) is 3.05. The van der Waals surface area contributed by atoms with Crippen LogP contribution in [-0.2, 0) is 14.3 Å². The fourth-order valence-electron chi connectivity index (χ4n) is 5.42. The zero-order valence-corrected chi connectivity index (χ0v) is 20.3. The highest BCUT2D eigenvalue weighted by Gasteiger charge is 2.68. The quantitative estimate of drug-likeness (QED) is 0.278. The minimum Gasteiger partial charge on any atom is -0.469 e. The molecule has 1 aromatic heterocycles. The van der Waals surface area contributed by atoms with Gasteiger partial charge in [-0.1, -0.05) is 30.4 Å². The SMILES string of the molecule is CCOC(=O)[C@]1(C#N)[C@H](c2ccco2)[C@@H](C(=O)c2ccc(OC(C)=O)cc2)N2c3ccccc3C=C[C@@H]21. The first-order valence-corrected chi connectivity index (χ1v) is 11.9. The van der Waals surface area contributed by atoms with Crippen molar-refractivity contribution in [3.63, 3.8) is 0 Å². The van der Waals surface area contributed by atoms with Crippen molar-refractivity contribution in [1.29, 1.82) is 5.26 Å². The predicted molar refractivity (Wildman–Crippen MR) is 134 cm³/mol. The van der Waals surface area contributed by atoms with E-state index in [2.05, 4.69) is 6.07 Å². The number of nitrogens with zero attached hydrogens (tertiary/aromatic N) is 2. The first-order chi connectivity index (χ1) is 17.9. The molecule has 0 saturated carbocycles. The second-order valence-corrected chi connectivity index (χ2v) is 8.89. The van der Waals surface area contributed by atoms with Crippen LogP contribution in [0.25, 0.3) is 6.08 Å². The van der Waals surface area contributed by atoms with E-state index in [4.69, 9.17) is 13.9 Å². The number of ketones is 1. The van der Waals surface area contributed by atoms with Crippen LogP contribution in [0.15, 0.2) is 77.4 Å². The van der Waals surface area contributed by atoms with E-state index in [1.54, 1.807) is 37.3 Å². The lowest BCUT2D eigenvalue weighted by Gasteiger charge is -2.36. The van der Waals surface area contributed by atoms with E-state index in [1.165, 1.54) is 25.3 Å². The maximum atomic E-state index is 14.3. The normalized spacial score (nSPS) is 23.5. The van der Waals surface area contributed by atoms with Gasteiger partial charge in [0.25, 0.3) is 0 Å². The van der Waals surface area contributed by atoms with Crippen molar-refractivity contribution in [2.75, 3.05) is 11.5 Å². The predicted octanol–water partition coefficient (Wildman–Crippen LogP) is 4.53. The van der Waals surface area contributed by atoms with E-state index in [9.17, 15) is 19.6 Å². The molecule has 0 bridgehead atoms. The molecule has 186 valence electrons.